The molecule has 40 heavy (non-hydrogen) atoms. The van der Waals surface area contributed by atoms with Gasteiger partial charge in [-0.15, -0.1) is 0 Å². The predicted molar refractivity (Wildman–Crippen MR) is 154 cm³/mol. The molecule has 0 bridgehead atoms. The van der Waals surface area contributed by atoms with Gasteiger partial charge in [-0.3, -0.25) is 14.4 Å². The van der Waals surface area contributed by atoms with Crippen molar-refractivity contribution in [2.75, 3.05) is 36.9 Å². The summed E-state index contributed by atoms with van der Waals surface area (Å²) < 4.78 is 5.32. The lowest BCUT2D eigenvalue weighted by Crippen LogP contribution is -2.37. The SMILES string of the molecule is CC(=O)Oc1cnc(Cc2ccc(NC(=O)c3ccc4ccccc4c3)cc2)nc1N(C)CC(=O)N1CCCC1. The van der Waals surface area contributed by atoms with Crippen LogP contribution < -0.4 is 15.0 Å². The lowest BCUT2D eigenvalue weighted by atomic mass is 10.1. The second-order valence-electron chi connectivity index (χ2n) is 9.90. The van der Waals surface area contributed by atoms with Crippen molar-refractivity contribution in [2.24, 2.45) is 0 Å². The number of rotatable bonds is 8. The maximum absolute atomic E-state index is 12.8. The summed E-state index contributed by atoms with van der Waals surface area (Å²) in [7, 11) is 1.75. The van der Waals surface area contributed by atoms with Crippen molar-refractivity contribution >= 4 is 40.1 Å². The van der Waals surface area contributed by atoms with Crippen LogP contribution in [-0.4, -0.2) is 59.3 Å². The van der Waals surface area contributed by atoms with Gasteiger partial charge in [0, 0.05) is 44.7 Å². The second kappa shape index (κ2) is 11.9. The minimum absolute atomic E-state index is 0.00950. The molecule has 0 spiro atoms. The molecule has 0 unspecified atom stereocenters. The topological polar surface area (TPSA) is 105 Å². The molecule has 1 aliphatic rings. The Balaban J connectivity index is 1.27. The van der Waals surface area contributed by atoms with Crippen molar-refractivity contribution in [3.63, 3.8) is 0 Å². The summed E-state index contributed by atoms with van der Waals surface area (Å²) >= 11 is 0. The number of fused-ring (bicyclic) bond motifs is 1. The Morgan fingerprint density at radius 2 is 1.70 bits per heavy atom. The molecular weight excluding hydrogens is 506 g/mol. The summed E-state index contributed by atoms with van der Waals surface area (Å²) in [6, 6.07) is 21.0. The van der Waals surface area contributed by atoms with E-state index < -0.39 is 5.97 Å². The van der Waals surface area contributed by atoms with Crippen LogP contribution in [0.2, 0.25) is 0 Å². The fourth-order valence-electron chi connectivity index (χ4n) is 4.75. The van der Waals surface area contributed by atoms with Crippen LogP contribution in [0, 0.1) is 0 Å². The number of amides is 2. The summed E-state index contributed by atoms with van der Waals surface area (Å²) in [5, 5.41) is 5.04. The van der Waals surface area contributed by atoms with Gasteiger partial charge >= 0.3 is 5.97 Å². The average Bonchev–Trinajstić information content (AvgIpc) is 3.50. The van der Waals surface area contributed by atoms with Crippen LogP contribution in [0.3, 0.4) is 0 Å². The fourth-order valence-corrected chi connectivity index (χ4v) is 4.75. The van der Waals surface area contributed by atoms with E-state index in [1.807, 2.05) is 71.6 Å². The van der Waals surface area contributed by atoms with Gasteiger partial charge in [0.2, 0.25) is 5.91 Å². The fraction of sp³-hybridized carbons (Fsp3) is 0.258. The smallest absolute Gasteiger partial charge is 0.308 e. The van der Waals surface area contributed by atoms with Gasteiger partial charge in [0.1, 0.15) is 5.82 Å². The number of ether oxygens (including phenoxy) is 1. The van der Waals surface area contributed by atoms with Gasteiger partial charge in [0.25, 0.3) is 5.91 Å². The van der Waals surface area contributed by atoms with E-state index in [2.05, 4.69) is 15.3 Å². The average molecular weight is 538 g/mol. The number of esters is 1. The van der Waals surface area contributed by atoms with E-state index in [0.717, 1.165) is 42.3 Å². The monoisotopic (exact) mass is 537 g/mol. The van der Waals surface area contributed by atoms with Gasteiger partial charge in [0.05, 0.1) is 12.7 Å². The van der Waals surface area contributed by atoms with Crippen molar-refractivity contribution in [3.8, 4) is 5.75 Å². The van der Waals surface area contributed by atoms with E-state index in [0.29, 0.717) is 29.3 Å². The van der Waals surface area contributed by atoms with Crippen molar-refractivity contribution in [3.05, 3.63) is 89.9 Å². The third-order valence-electron chi connectivity index (χ3n) is 6.82. The summed E-state index contributed by atoms with van der Waals surface area (Å²) in [6.07, 6.45) is 3.91. The summed E-state index contributed by atoms with van der Waals surface area (Å²) in [6.45, 7) is 2.96. The van der Waals surface area contributed by atoms with Gasteiger partial charge in [-0.2, -0.15) is 0 Å². The predicted octanol–water partition coefficient (Wildman–Crippen LogP) is 4.46. The molecule has 2 heterocycles. The van der Waals surface area contributed by atoms with E-state index >= 15 is 0 Å². The van der Waals surface area contributed by atoms with Crippen LogP contribution in [0.15, 0.2) is 72.9 Å². The lowest BCUT2D eigenvalue weighted by molar-refractivity contribution is -0.132. The highest BCUT2D eigenvalue weighted by atomic mass is 16.5. The van der Waals surface area contributed by atoms with Crippen LogP contribution >= 0.6 is 0 Å². The summed E-state index contributed by atoms with van der Waals surface area (Å²) in [5.41, 5.74) is 2.20. The van der Waals surface area contributed by atoms with Crippen LogP contribution in [0.25, 0.3) is 10.8 Å². The number of nitrogens with zero attached hydrogens (tertiary/aromatic N) is 4. The minimum atomic E-state index is -0.488. The summed E-state index contributed by atoms with van der Waals surface area (Å²) in [5.74, 6) is 0.443. The molecule has 0 aliphatic carbocycles. The highest BCUT2D eigenvalue weighted by Gasteiger charge is 2.22. The lowest BCUT2D eigenvalue weighted by Gasteiger charge is -2.23. The first-order valence-electron chi connectivity index (χ1n) is 13.3. The first-order valence-corrected chi connectivity index (χ1v) is 13.3. The van der Waals surface area contributed by atoms with Crippen molar-refractivity contribution < 1.29 is 19.1 Å². The Labute approximate surface area is 232 Å². The van der Waals surface area contributed by atoms with E-state index in [9.17, 15) is 14.4 Å². The quantitative estimate of drug-likeness (QED) is 0.331. The van der Waals surface area contributed by atoms with Gasteiger partial charge in [-0.1, -0.05) is 42.5 Å². The van der Waals surface area contributed by atoms with Gasteiger partial charge in [-0.05, 0) is 53.4 Å². The number of nitrogens with one attached hydrogen (secondary N) is 1. The zero-order valence-electron chi connectivity index (χ0n) is 22.6. The number of anilines is 2. The zero-order chi connectivity index (χ0) is 28.1. The Bertz CT molecular complexity index is 1550. The molecule has 9 heteroatoms. The Morgan fingerprint density at radius 3 is 2.42 bits per heavy atom. The number of carbonyl (C=O) groups is 3. The first kappa shape index (κ1) is 26.8. The standard InChI is InChI=1S/C31H31N5O4/c1-21(37)40-27-19-32-28(34-30(27)35(2)20-29(38)36-15-5-6-16-36)17-22-9-13-26(14-10-22)33-31(39)25-12-11-23-7-3-4-8-24(23)18-25/h3-4,7-14,18-19H,5-6,15-17,20H2,1-2H3,(H,33,39). The Hall–Kier alpha value is -4.79. The van der Waals surface area contributed by atoms with Gasteiger partial charge in [-0.25, -0.2) is 9.97 Å². The number of carbonyl (C=O) groups excluding carboxylic acids is 3. The molecule has 1 aliphatic heterocycles. The normalized spacial score (nSPS) is 12.8. The highest BCUT2D eigenvalue weighted by Crippen LogP contribution is 2.26. The second-order valence-corrected chi connectivity index (χ2v) is 9.90. The van der Waals surface area contributed by atoms with Crippen molar-refractivity contribution in [1.82, 2.24) is 14.9 Å². The van der Waals surface area contributed by atoms with Crippen LogP contribution in [0.1, 0.15) is 41.5 Å². The molecule has 2 amide bonds. The van der Waals surface area contributed by atoms with E-state index in [4.69, 9.17) is 4.74 Å². The molecule has 0 radical (unpaired) electrons. The Kier molecular flexibility index (Phi) is 8.00. The number of hydrogen-bond donors (Lipinski definition) is 1. The van der Waals surface area contributed by atoms with E-state index in [1.54, 1.807) is 11.9 Å². The third kappa shape index (κ3) is 6.43. The molecule has 3 aromatic carbocycles. The third-order valence-corrected chi connectivity index (χ3v) is 6.82. The number of likely N-dealkylation sites (N-methyl/N-ethyl adjacent to an activating group) is 1. The molecule has 0 atom stereocenters. The number of likely N-dealkylation sites (tertiary alicyclic amines) is 1. The molecule has 1 N–H and O–H groups in total. The molecular formula is C31H31N5O4. The molecule has 1 fully saturated rings. The molecule has 9 nitrogen and oxygen atoms in total. The summed E-state index contributed by atoms with van der Waals surface area (Å²) in [4.78, 5) is 49.7. The number of benzene rings is 3. The largest absolute Gasteiger partial charge is 0.421 e. The van der Waals surface area contributed by atoms with Crippen LogP contribution in [0.4, 0.5) is 11.5 Å². The Morgan fingerprint density at radius 1 is 0.975 bits per heavy atom. The van der Waals surface area contributed by atoms with E-state index in [1.165, 1.54) is 13.1 Å². The van der Waals surface area contributed by atoms with Crippen molar-refractivity contribution in [1.29, 1.82) is 0 Å². The van der Waals surface area contributed by atoms with Gasteiger partial charge < -0.3 is 19.9 Å². The molecule has 4 aromatic rings. The molecule has 204 valence electrons. The van der Waals surface area contributed by atoms with E-state index in [-0.39, 0.29) is 24.1 Å². The maximum Gasteiger partial charge on any atom is 0.308 e. The number of aromatic nitrogens is 2. The molecule has 1 aromatic heterocycles. The number of hydrogen-bond acceptors (Lipinski definition) is 7. The maximum atomic E-state index is 12.8. The molecule has 5 rings (SSSR count). The minimum Gasteiger partial charge on any atom is -0.421 e. The molecule has 1 saturated heterocycles. The van der Waals surface area contributed by atoms with Crippen LogP contribution in [0.5, 0.6) is 5.75 Å². The highest BCUT2D eigenvalue weighted by molar-refractivity contribution is 6.06. The van der Waals surface area contributed by atoms with Gasteiger partial charge in [0.15, 0.2) is 11.6 Å². The zero-order valence-corrected chi connectivity index (χ0v) is 22.6. The van der Waals surface area contributed by atoms with Crippen LogP contribution in [-0.2, 0) is 16.0 Å². The molecule has 0 saturated carbocycles. The van der Waals surface area contributed by atoms with Crippen molar-refractivity contribution in [2.45, 2.75) is 26.2 Å². The first-order chi connectivity index (χ1) is 19.4.